The van der Waals surface area contributed by atoms with Crippen molar-refractivity contribution in [3.05, 3.63) is 11.9 Å². The van der Waals surface area contributed by atoms with Gasteiger partial charge in [-0.05, 0) is 52.2 Å². The Labute approximate surface area is 167 Å². The quantitative estimate of drug-likeness (QED) is 0.821. The van der Waals surface area contributed by atoms with E-state index in [0.29, 0.717) is 18.0 Å². The first-order valence-electron chi connectivity index (χ1n) is 10.5. The van der Waals surface area contributed by atoms with Crippen molar-refractivity contribution in [2.75, 3.05) is 46.1 Å². The Morgan fingerprint density at radius 3 is 2.79 bits per heavy atom. The van der Waals surface area contributed by atoms with Crippen LogP contribution in [-0.2, 0) is 0 Å². The summed E-state index contributed by atoms with van der Waals surface area (Å²) in [7, 11) is 6.18. The van der Waals surface area contributed by atoms with Crippen LogP contribution < -0.4 is 5.32 Å². The van der Waals surface area contributed by atoms with Gasteiger partial charge in [0.2, 0.25) is 5.95 Å². The van der Waals surface area contributed by atoms with Crippen molar-refractivity contribution in [3.63, 3.8) is 0 Å². The highest BCUT2D eigenvalue weighted by molar-refractivity contribution is 5.81. The third-order valence-electron chi connectivity index (χ3n) is 6.06. The lowest BCUT2D eigenvalue weighted by molar-refractivity contribution is 0.145. The largest absolute Gasteiger partial charge is 0.357 e. The summed E-state index contributed by atoms with van der Waals surface area (Å²) >= 11 is 0. The summed E-state index contributed by atoms with van der Waals surface area (Å²) in [6.07, 6.45) is 9.24. The molecule has 150 valence electrons. The minimum Gasteiger partial charge on any atom is -0.357 e. The zero-order valence-electron chi connectivity index (χ0n) is 17.3. The van der Waals surface area contributed by atoms with E-state index < -0.39 is 0 Å². The Kier molecular flexibility index (Phi) is 5.79. The van der Waals surface area contributed by atoms with Crippen molar-refractivity contribution >= 4 is 17.0 Å². The van der Waals surface area contributed by atoms with Crippen LogP contribution in [0.3, 0.4) is 0 Å². The van der Waals surface area contributed by atoms with Crippen LogP contribution in [0.4, 0.5) is 5.95 Å². The fraction of sp³-hybridized carbons (Fsp3) is 0.667. The Bertz CT molecular complexity index is 870. The number of fused-ring (bicyclic) bond motifs is 1. The third kappa shape index (κ3) is 3.98. The van der Waals surface area contributed by atoms with Crippen LogP contribution >= 0.6 is 0 Å². The second-order valence-electron chi connectivity index (χ2n) is 8.21. The van der Waals surface area contributed by atoms with E-state index in [-0.39, 0.29) is 0 Å². The maximum atomic E-state index is 4.86. The van der Waals surface area contributed by atoms with Crippen molar-refractivity contribution < 1.29 is 0 Å². The number of hydrogen-bond donors (Lipinski definition) is 1. The van der Waals surface area contributed by atoms with E-state index in [9.17, 15) is 0 Å². The summed E-state index contributed by atoms with van der Waals surface area (Å²) in [4.78, 5) is 13.9. The molecule has 7 nitrogen and oxygen atoms in total. The number of likely N-dealkylation sites (tertiary alicyclic amines) is 1. The average Bonchev–Trinajstić information content (AvgIpc) is 3.36. The maximum absolute atomic E-state index is 4.86. The molecule has 0 spiro atoms. The molecule has 3 heterocycles. The van der Waals surface area contributed by atoms with Gasteiger partial charge < -0.3 is 10.2 Å². The predicted octanol–water partition coefficient (Wildman–Crippen LogP) is 2.36. The molecule has 0 radical (unpaired) electrons. The number of nitrogens with one attached hydrogen (secondary N) is 1. The highest BCUT2D eigenvalue weighted by atomic mass is 15.3. The van der Waals surface area contributed by atoms with Crippen LogP contribution in [0.25, 0.3) is 11.0 Å². The summed E-state index contributed by atoms with van der Waals surface area (Å²) in [6, 6.07) is 1.06. The van der Waals surface area contributed by atoms with Gasteiger partial charge in [0.05, 0.1) is 18.0 Å². The highest BCUT2D eigenvalue weighted by Gasteiger charge is 2.23. The van der Waals surface area contributed by atoms with Gasteiger partial charge in [0, 0.05) is 25.8 Å². The summed E-state index contributed by atoms with van der Waals surface area (Å²) in [6.45, 7) is 3.01. The molecule has 0 aromatic carbocycles. The first-order valence-corrected chi connectivity index (χ1v) is 10.5. The molecule has 2 aromatic rings. The van der Waals surface area contributed by atoms with Crippen LogP contribution in [0.5, 0.6) is 0 Å². The minimum atomic E-state index is 0.431. The molecule has 1 atom stereocenters. The Morgan fingerprint density at radius 1 is 1.21 bits per heavy atom. The van der Waals surface area contributed by atoms with Crippen molar-refractivity contribution in [1.29, 1.82) is 0 Å². The zero-order valence-corrected chi connectivity index (χ0v) is 17.3. The van der Waals surface area contributed by atoms with Gasteiger partial charge in [-0.1, -0.05) is 18.8 Å². The zero-order chi connectivity index (χ0) is 19.5. The lowest BCUT2D eigenvalue weighted by Gasteiger charge is -2.35. The van der Waals surface area contributed by atoms with Crippen molar-refractivity contribution in [1.82, 2.24) is 29.5 Å². The van der Waals surface area contributed by atoms with E-state index >= 15 is 0 Å². The molecule has 1 aliphatic heterocycles. The second kappa shape index (κ2) is 8.46. The number of hydrogen-bond acceptors (Lipinski definition) is 6. The number of nitrogens with zero attached hydrogens (tertiary/aromatic N) is 6. The van der Waals surface area contributed by atoms with Crippen molar-refractivity contribution in [2.45, 2.75) is 50.6 Å². The Hall–Kier alpha value is -2.17. The summed E-state index contributed by atoms with van der Waals surface area (Å²) in [5.41, 5.74) is 1.71. The molecule has 2 fully saturated rings. The molecular weight excluding hydrogens is 350 g/mol. The highest BCUT2D eigenvalue weighted by Crippen LogP contribution is 2.32. The molecule has 2 aromatic heterocycles. The average molecular weight is 382 g/mol. The number of rotatable bonds is 4. The van der Waals surface area contributed by atoms with Gasteiger partial charge in [-0.15, -0.1) is 0 Å². The van der Waals surface area contributed by atoms with Gasteiger partial charge in [-0.25, -0.2) is 9.67 Å². The molecule has 1 N–H and O–H groups in total. The van der Waals surface area contributed by atoms with Crippen LogP contribution in [0, 0.1) is 11.8 Å². The molecule has 1 saturated carbocycles. The van der Waals surface area contributed by atoms with E-state index in [2.05, 4.69) is 55.7 Å². The molecule has 28 heavy (non-hydrogen) atoms. The fourth-order valence-corrected chi connectivity index (χ4v) is 4.37. The molecule has 0 amide bonds. The molecular formula is C21H31N7. The van der Waals surface area contributed by atoms with E-state index in [4.69, 9.17) is 5.10 Å². The second-order valence-corrected chi connectivity index (χ2v) is 8.21. The number of anilines is 1. The van der Waals surface area contributed by atoms with Crippen molar-refractivity contribution in [3.8, 4) is 11.8 Å². The number of aromatic nitrogens is 4. The first kappa shape index (κ1) is 19.2. The predicted molar refractivity (Wildman–Crippen MR) is 112 cm³/mol. The first-order chi connectivity index (χ1) is 13.7. The van der Waals surface area contributed by atoms with Crippen LogP contribution in [-0.4, -0.2) is 76.4 Å². The van der Waals surface area contributed by atoms with Gasteiger partial charge in [-0.3, -0.25) is 4.90 Å². The Balaban J connectivity index is 1.56. The Morgan fingerprint density at radius 2 is 2.04 bits per heavy atom. The smallest absolute Gasteiger partial charge is 0.224 e. The minimum absolute atomic E-state index is 0.431. The van der Waals surface area contributed by atoms with Crippen LogP contribution in [0.15, 0.2) is 6.20 Å². The third-order valence-corrected chi connectivity index (χ3v) is 6.06. The summed E-state index contributed by atoms with van der Waals surface area (Å²) in [5, 5.41) is 8.86. The molecule has 4 rings (SSSR count). The van der Waals surface area contributed by atoms with Gasteiger partial charge in [-0.2, -0.15) is 10.1 Å². The van der Waals surface area contributed by atoms with E-state index in [1.165, 1.54) is 38.5 Å². The molecule has 7 heteroatoms. The lowest BCUT2D eigenvalue weighted by atomic mass is 10.1. The van der Waals surface area contributed by atoms with E-state index in [0.717, 1.165) is 36.4 Å². The fourth-order valence-electron chi connectivity index (χ4n) is 4.37. The van der Waals surface area contributed by atoms with Gasteiger partial charge >= 0.3 is 0 Å². The lowest BCUT2D eigenvalue weighted by Crippen LogP contribution is -2.45. The monoisotopic (exact) mass is 381 g/mol. The van der Waals surface area contributed by atoms with E-state index in [1.807, 2.05) is 13.2 Å². The molecule has 1 saturated heterocycles. The van der Waals surface area contributed by atoms with Crippen molar-refractivity contribution in [2.24, 2.45) is 0 Å². The molecule has 0 bridgehead atoms. The van der Waals surface area contributed by atoms with Gasteiger partial charge in [0.15, 0.2) is 5.65 Å². The molecule has 1 aliphatic carbocycles. The molecule has 1 unspecified atom stereocenters. The van der Waals surface area contributed by atoms with E-state index in [1.54, 1.807) is 0 Å². The number of likely N-dealkylation sites (N-methyl/N-ethyl adjacent to an activating group) is 1. The normalized spacial score (nSPS) is 21.2. The molecule has 2 aliphatic rings. The SMILES string of the molecule is CNc1ncc2c(C#CCN3CCCC(N(C)C)C3)nn(C3CCCC3)c2n1. The van der Waals surface area contributed by atoms with Crippen LogP contribution in [0.2, 0.25) is 0 Å². The standard InChI is InChI=1S/C21H31N7/c1-22-21-23-14-18-19(25-28(20(18)24-21)16-8-4-5-9-16)11-7-13-27-12-6-10-17(15-27)26(2)3/h14,16-17H,4-6,8-10,12-13,15H2,1-3H3,(H,22,23,24). The topological polar surface area (TPSA) is 62.1 Å². The van der Waals surface area contributed by atoms with Gasteiger partial charge in [0.1, 0.15) is 5.69 Å². The summed E-state index contributed by atoms with van der Waals surface area (Å²) in [5.74, 6) is 7.32. The number of piperidine rings is 1. The summed E-state index contributed by atoms with van der Waals surface area (Å²) < 4.78 is 2.10. The van der Waals surface area contributed by atoms with Crippen LogP contribution in [0.1, 0.15) is 50.3 Å². The maximum Gasteiger partial charge on any atom is 0.224 e. The van der Waals surface area contributed by atoms with Gasteiger partial charge in [0.25, 0.3) is 0 Å².